The van der Waals surface area contributed by atoms with Crippen molar-refractivity contribution in [1.82, 2.24) is 0 Å². The molecule has 6 heteroatoms. The fourth-order valence-corrected chi connectivity index (χ4v) is 1.50. The van der Waals surface area contributed by atoms with E-state index in [1.807, 2.05) is 0 Å². The summed E-state index contributed by atoms with van der Waals surface area (Å²) in [4.78, 5) is 0.126. The highest BCUT2D eigenvalue weighted by atomic mass is 35.7. The van der Waals surface area contributed by atoms with Crippen molar-refractivity contribution >= 4 is 38.9 Å². The summed E-state index contributed by atoms with van der Waals surface area (Å²) >= 11 is 5.46. The number of hydrogen-bond acceptors (Lipinski definition) is 2. The topological polar surface area (TPSA) is 12.0 Å². The van der Waals surface area contributed by atoms with E-state index in [0.717, 1.165) is 6.07 Å². The molecule has 0 atom stereocenters. The van der Waals surface area contributed by atoms with Gasteiger partial charge in [-0.3, -0.25) is 0 Å². The summed E-state index contributed by atoms with van der Waals surface area (Å²) < 4.78 is 24.8. The van der Waals surface area contributed by atoms with Gasteiger partial charge in [-0.2, -0.15) is 0 Å². The van der Waals surface area contributed by atoms with Gasteiger partial charge in [-0.15, -0.1) is 4.48 Å². The van der Waals surface area contributed by atoms with Gasteiger partial charge in [-0.25, -0.2) is 9.93 Å². The van der Waals surface area contributed by atoms with Crippen LogP contribution in [0.25, 0.3) is 0 Å². The van der Waals surface area contributed by atoms with Crippen LogP contribution < -0.4 is 5.54 Å². The molecule has 0 saturated heterocycles. The molecule has 1 nitrogen and oxygen atoms in total. The Kier molecular flexibility index (Phi) is 3.43. The van der Waals surface area contributed by atoms with Gasteiger partial charge in [0.05, 0.1) is 15.6 Å². The van der Waals surface area contributed by atoms with E-state index in [9.17, 15) is 8.87 Å². The van der Waals surface area contributed by atoms with E-state index in [-0.39, 0.29) is 15.6 Å². The third kappa shape index (κ3) is 1.94. The summed E-state index contributed by atoms with van der Waals surface area (Å²) in [5.74, 6) is -0.570. The summed E-state index contributed by atoms with van der Waals surface area (Å²) in [7, 11) is 5.96. The second kappa shape index (κ2) is 4.16. The van der Waals surface area contributed by atoms with Crippen molar-refractivity contribution in [1.29, 1.82) is 0 Å². The number of rotatable bonds is 2. The van der Waals surface area contributed by atoms with Crippen molar-refractivity contribution in [2.24, 2.45) is 0 Å². The normalized spacial score (nSPS) is 10.0. The Balaban J connectivity index is 3.18. The highest BCUT2D eigenvalue weighted by Gasteiger charge is 2.07. The molecule has 12 heavy (non-hydrogen) atoms. The second-order valence-corrected chi connectivity index (χ2v) is 3.40. The zero-order valence-electron chi connectivity index (χ0n) is 5.57. The molecule has 66 valence electrons. The van der Waals surface area contributed by atoms with E-state index in [4.69, 9.17) is 22.3 Å². The van der Waals surface area contributed by atoms with Crippen LogP contribution in [-0.4, -0.2) is 0 Å². The fourth-order valence-electron chi connectivity index (χ4n) is 0.661. The molecule has 1 N–H and O–H groups in total. The van der Waals surface area contributed by atoms with Crippen molar-refractivity contribution in [2.75, 3.05) is 5.54 Å². The van der Waals surface area contributed by atoms with E-state index in [0.29, 0.717) is 11.0 Å². The average molecular weight is 230 g/mol. The molecule has 0 spiro atoms. The van der Waals surface area contributed by atoms with E-state index in [2.05, 4.69) is 0 Å². The molecule has 0 aromatic heterocycles. The Morgan fingerprint density at radius 3 is 2.58 bits per heavy atom. The lowest BCUT2D eigenvalue weighted by atomic mass is 10.3. The molecule has 0 aliphatic heterocycles. The number of halogens is 4. The summed E-state index contributed by atoms with van der Waals surface area (Å²) in [6, 6.07) is 2.18. The lowest BCUT2D eigenvalue weighted by Crippen LogP contribution is -1.87. The van der Waals surface area contributed by atoms with Gasteiger partial charge >= 0.3 is 0 Å². The van der Waals surface area contributed by atoms with Gasteiger partial charge < -0.3 is 0 Å². The van der Waals surface area contributed by atoms with E-state index in [1.54, 1.807) is 0 Å². The van der Waals surface area contributed by atoms with Crippen LogP contribution in [-0.2, 0) is 0 Å². The van der Waals surface area contributed by atoms with Crippen molar-refractivity contribution in [3.63, 3.8) is 0 Å². The summed E-state index contributed by atoms with van der Waals surface area (Å²) in [5.41, 5.74) is 1.33. The molecule has 1 rings (SSSR count). The smallest absolute Gasteiger partial charge is 0.139 e. The Morgan fingerprint density at radius 1 is 1.42 bits per heavy atom. The number of benzene rings is 1. The Bertz CT molecular complexity index is 270. The summed E-state index contributed by atoms with van der Waals surface area (Å²) in [6.07, 6.45) is 0. The van der Waals surface area contributed by atoms with E-state index >= 15 is 0 Å². The summed E-state index contributed by atoms with van der Waals surface area (Å²) in [6.45, 7) is 0. The van der Waals surface area contributed by atoms with Gasteiger partial charge in [-0.1, -0.05) is 11.6 Å². The number of nitrogens with one attached hydrogen (secondary N) is 1. The molecule has 0 amide bonds. The third-order valence-corrected chi connectivity index (χ3v) is 2.50. The summed E-state index contributed by atoms with van der Waals surface area (Å²) in [5, 5.41) is -0.0236. The van der Waals surface area contributed by atoms with Gasteiger partial charge in [0.25, 0.3) is 0 Å². The Hall–Kier alpha value is -0.190. The van der Waals surface area contributed by atoms with Crippen LogP contribution in [0.5, 0.6) is 0 Å². The lowest BCUT2D eigenvalue weighted by molar-refractivity contribution is 0.596. The van der Waals surface area contributed by atoms with Crippen molar-refractivity contribution in [3.05, 3.63) is 23.0 Å². The maximum absolute atomic E-state index is 12.8. The zero-order valence-corrected chi connectivity index (χ0v) is 7.90. The van der Waals surface area contributed by atoms with Gasteiger partial charge in [0.1, 0.15) is 5.82 Å². The predicted molar refractivity (Wildman–Crippen MR) is 47.9 cm³/mol. The lowest BCUT2D eigenvalue weighted by Gasteiger charge is -2.02. The Morgan fingerprint density at radius 2 is 2.08 bits per heavy atom. The first-order valence-electron chi connectivity index (χ1n) is 2.83. The fraction of sp³-hybridized carbons (Fsp3) is 0. The Labute approximate surface area is 81.5 Å². The molecule has 0 radical (unpaired) electrons. The predicted octanol–water partition coefficient (Wildman–Crippen LogP) is 4.02. The molecule has 0 fully saturated rings. The first-order chi connectivity index (χ1) is 5.69. The van der Waals surface area contributed by atoms with Crippen molar-refractivity contribution < 1.29 is 8.87 Å². The van der Waals surface area contributed by atoms with Gasteiger partial charge in [0.2, 0.25) is 0 Å². The SMILES string of the molecule is FNc1cc(SCl)c(F)cc1Cl. The molecule has 0 aliphatic rings. The van der Waals surface area contributed by atoms with Crippen LogP contribution in [0.2, 0.25) is 5.02 Å². The highest BCUT2D eigenvalue weighted by Crippen LogP contribution is 2.32. The van der Waals surface area contributed by atoms with Gasteiger partial charge in [-0.05, 0) is 33.8 Å². The maximum Gasteiger partial charge on any atom is 0.139 e. The van der Waals surface area contributed by atoms with Crippen LogP contribution >= 0.6 is 33.3 Å². The van der Waals surface area contributed by atoms with Gasteiger partial charge in [0, 0.05) is 0 Å². The monoisotopic (exact) mass is 229 g/mol. The molecule has 0 saturated carbocycles. The maximum atomic E-state index is 12.8. The molecule has 0 heterocycles. The molecule has 0 bridgehead atoms. The molecular weight excluding hydrogens is 227 g/mol. The molecule has 0 aliphatic carbocycles. The first-order valence-corrected chi connectivity index (χ1v) is 4.85. The molecule has 0 unspecified atom stereocenters. The third-order valence-electron chi connectivity index (χ3n) is 1.21. The number of anilines is 1. The van der Waals surface area contributed by atoms with E-state index < -0.39 is 5.82 Å². The minimum atomic E-state index is -0.570. The molecule has 1 aromatic carbocycles. The highest BCUT2D eigenvalue weighted by molar-refractivity contribution is 8.21. The van der Waals surface area contributed by atoms with Crippen LogP contribution in [0.15, 0.2) is 17.0 Å². The van der Waals surface area contributed by atoms with Crippen LogP contribution in [0, 0.1) is 5.82 Å². The van der Waals surface area contributed by atoms with Crippen LogP contribution in [0.4, 0.5) is 14.6 Å². The first kappa shape index (κ1) is 9.89. The minimum Gasteiger partial charge on any atom is -0.223 e. The van der Waals surface area contributed by atoms with Crippen LogP contribution in [0.3, 0.4) is 0 Å². The quantitative estimate of drug-likeness (QED) is 0.770. The standard InChI is InChI=1S/C6H3Cl2F2NS/c7-3-1-4(9)6(12-8)2-5(3)11-10/h1-2,11H. The molecular formula is C6H3Cl2F2NS. The van der Waals surface area contributed by atoms with Gasteiger partial charge in [0.15, 0.2) is 0 Å². The number of hydrogen-bond donors (Lipinski definition) is 1. The largest absolute Gasteiger partial charge is 0.223 e. The van der Waals surface area contributed by atoms with Crippen molar-refractivity contribution in [3.8, 4) is 0 Å². The van der Waals surface area contributed by atoms with Crippen molar-refractivity contribution in [2.45, 2.75) is 4.90 Å². The zero-order chi connectivity index (χ0) is 9.14. The van der Waals surface area contributed by atoms with E-state index in [1.165, 1.54) is 11.6 Å². The van der Waals surface area contributed by atoms with Crippen LogP contribution in [0.1, 0.15) is 0 Å². The minimum absolute atomic E-state index is 0.00113. The second-order valence-electron chi connectivity index (χ2n) is 1.93. The molecule has 1 aromatic rings. The average Bonchev–Trinajstić information content (AvgIpc) is 2.05.